The molecule has 0 spiro atoms. The minimum absolute atomic E-state index is 0.323. The van der Waals surface area contributed by atoms with Gasteiger partial charge in [0.25, 0.3) is 0 Å². The molecule has 0 amide bonds. The van der Waals surface area contributed by atoms with Crippen LogP contribution < -0.4 is 4.74 Å². The summed E-state index contributed by atoms with van der Waals surface area (Å²) in [5, 5.41) is 0. The van der Waals surface area contributed by atoms with E-state index < -0.39 is 22.2 Å². The summed E-state index contributed by atoms with van der Waals surface area (Å²) in [5.74, 6) is 0.599. The number of benzene rings is 1. The van der Waals surface area contributed by atoms with E-state index in [1.807, 2.05) is 0 Å². The van der Waals surface area contributed by atoms with E-state index in [9.17, 15) is 21.6 Å². The lowest BCUT2D eigenvalue weighted by Crippen LogP contribution is -2.25. The lowest BCUT2D eigenvalue weighted by atomic mass is 10.1. The fourth-order valence-electron chi connectivity index (χ4n) is 1.66. The Morgan fingerprint density at radius 1 is 1.16 bits per heavy atom. The van der Waals surface area contributed by atoms with E-state index >= 15 is 0 Å². The second-order valence-electron chi connectivity index (χ2n) is 3.92. The average molecular weight is 298 g/mol. The van der Waals surface area contributed by atoms with E-state index in [0.29, 0.717) is 22.4 Å². The van der Waals surface area contributed by atoms with Crippen LogP contribution >= 0.6 is 0 Å². The maximum atomic E-state index is 12.1. The van der Waals surface area contributed by atoms with Gasteiger partial charge < -0.3 is 4.74 Å². The Bertz CT molecular complexity index is 541. The van der Waals surface area contributed by atoms with Gasteiger partial charge in [-0.25, -0.2) is 0 Å². The monoisotopic (exact) mass is 298 g/mol. The van der Waals surface area contributed by atoms with Crippen molar-refractivity contribution in [1.29, 1.82) is 0 Å². The van der Waals surface area contributed by atoms with Crippen molar-refractivity contribution in [3.8, 4) is 5.75 Å². The minimum atomic E-state index is -5.57. The summed E-state index contributed by atoms with van der Waals surface area (Å²) < 4.78 is 66.8. The predicted molar refractivity (Wildman–Crippen MR) is 62.2 cm³/mol. The summed E-state index contributed by atoms with van der Waals surface area (Å²) in [4.78, 5) is 0. The fourth-order valence-corrected chi connectivity index (χ4v) is 2.08. The molecular formula is C11H13F3O4S. The van der Waals surface area contributed by atoms with Crippen LogP contribution in [0.3, 0.4) is 0 Å². The summed E-state index contributed by atoms with van der Waals surface area (Å²) in [6.45, 7) is 2.73. The van der Waals surface area contributed by atoms with E-state index in [1.165, 1.54) is 19.2 Å². The molecule has 0 aliphatic rings. The van der Waals surface area contributed by atoms with Crippen molar-refractivity contribution in [1.82, 2.24) is 0 Å². The SMILES string of the molecule is COc1c(C)cc(COS(=O)(=O)C(F)(F)F)cc1C. The molecule has 0 saturated carbocycles. The zero-order valence-electron chi connectivity index (χ0n) is 10.5. The van der Waals surface area contributed by atoms with Gasteiger partial charge in [-0.05, 0) is 30.5 Å². The highest BCUT2D eigenvalue weighted by Crippen LogP contribution is 2.28. The van der Waals surface area contributed by atoms with E-state index in [0.717, 1.165) is 0 Å². The molecule has 4 nitrogen and oxygen atoms in total. The van der Waals surface area contributed by atoms with Gasteiger partial charge in [-0.15, -0.1) is 0 Å². The van der Waals surface area contributed by atoms with Gasteiger partial charge in [-0.3, -0.25) is 4.18 Å². The Morgan fingerprint density at radius 3 is 2.00 bits per heavy atom. The summed E-state index contributed by atoms with van der Waals surface area (Å²) >= 11 is 0. The van der Waals surface area contributed by atoms with Crippen molar-refractivity contribution in [2.24, 2.45) is 0 Å². The predicted octanol–water partition coefficient (Wildman–Crippen LogP) is 2.68. The van der Waals surface area contributed by atoms with Crippen molar-refractivity contribution >= 4 is 10.1 Å². The van der Waals surface area contributed by atoms with Gasteiger partial charge in [0.15, 0.2) is 0 Å². The first-order valence-electron chi connectivity index (χ1n) is 5.18. The molecule has 1 aromatic carbocycles. The molecule has 0 aromatic heterocycles. The topological polar surface area (TPSA) is 52.6 Å². The first-order chi connectivity index (χ1) is 8.58. The molecule has 0 bridgehead atoms. The Balaban J connectivity index is 2.92. The first kappa shape index (κ1) is 15.8. The Hall–Kier alpha value is -1.28. The number of hydrogen-bond acceptors (Lipinski definition) is 4. The van der Waals surface area contributed by atoms with E-state index in [2.05, 4.69) is 4.18 Å². The van der Waals surface area contributed by atoms with Crippen LogP contribution in [-0.4, -0.2) is 21.0 Å². The van der Waals surface area contributed by atoms with Crippen LogP contribution in [0.15, 0.2) is 12.1 Å². The van der Waals surface area contributed by atoms with Crippen LogP contribution in [0, 0.1) is 13.8 Å². The van der Waals surface area contributed by atoms with Crippen molar-refractivity contribution in [3.05, 3.63) is 28.8 Å². The van der Waals surface area contributed by atoms with Crippen molar-refractivity contribution < 1.29 is 30.5 Å². The Kier molecular flexibility index (Phi) is 4.46. The molecule has 0 radical (unpaired) electrons. The van der Waals surface area contributed by atoms with Gasteiger partial charge in [0.2, 0.25) is 0 Å². The molecule has 108 valence electrons. The number of ether oxygens (including phenoxy) is 1. The third-order valence-corrected chi connectivity index (χ3v) is 3.38. The molecule has 8 heteroatoms. The Labute approximate surface area is 109 Å². The maximum absolute atomic E-state index is 12.1. The number of rotatable bonds is 4. The van der Waals surface area contributed by atoms with Gasteiger partial charge in [0.05, 0.1) is 13.7 Å². The van der Waals surface area contributed by atoms with Gasteiger partial charge in [0, 0.05) is 0 Å². The zero-order chi connectivity index (χ0) is 14.8. The molecule has 0 aliphatic carbocycles. The molecule has 0 N–H and O–H groups in total. The van der Waals surface area contributed by atoms with Crippen molar-refractivity contribution in [3.63, 3.8) is 0 Å². The molecule has 1 aromatic rings. The number of halogens is 3. The van der Waals surface area contributed by atoms with Gasteiger partial charge in [0.1, 0.15) is 5.75 Å². The van der Waals surface area contributed by atoms with Crippen molar-refractivity contribution in [2.45, 2.75) is 26.0 Å². The van der Waals surface area contributed by atoms with Crippen LogP contribution in [0.2, 0.25) is 0 Å². The zero-order valence-corrected chi connectivity index (χ0v) is 11.4. The minimum Gasteiger partial charge on any atom is -0.496 e. The van der Waals surface area contributed by atoms with Crippen LogP contribution in [-0.2, 0) is 20.9 Å². The number of methoxy groups -OCH3 is 1. The molecule has 0 saturated heterocycles. The highest BCUT2D eigenvalue weighted by molar-refractivity contribution is 7.87. The van der Waals surface area contributed by atoms with Crippen LogP contribution in [0.5, 0.6) is 5.75 Å². The van der Waals surface area contributed by atoms with Gasteiger partial charge in [-0.2, -0.15) is 21.6 Å². The van der Waals surface area contributed by atoms with Gasteiger partial charge in [-0.1, -0.05) is 12.1 Å². The fraction of sp³-hybridized carbons (Fsp3) is 0.455. The molecule has 0 fully saturated rings. The lowest BCUT2D eigenvalue weighted by molar-refractivity contribution is -0.0547. The third kappa shape index (κ3) is 3.60. The van der Waals surface area contributed by atoms with E-state index in [-0.39, 0.29) is 0 Å². The molecule has 1 rings (SSSR count). The average Bonchev–Trinajstić information content (AvgIpc) is 2.24. The molecule has 0 heterocycles. The number of alkyl halides is 3. The molecule has 19 heavy (non-hydrogen) atoms. The second kappa shape index (κ2) is 5.38. The number of aryl methyl sites for hydroxylation is 2. The standard InChI is InChI=1S/C11H13F3O4S/c1-7-4-9(5-8(2)10(7)17-3)6-18-19(15,16)11(12,13)14/h4-5H,6H2,1-3H3. The molecule has 0 atom stereocenters. The second-order valence-corrected chi connectivity index (χ2v) is 5.53. The maximum Gasteiger partial charge on any atom is 0.523 e. The normalized spacial score (nSPS) is 12.5. The summed E-state index contributed by atoms with van der Waals surface area (Å²) in [5.41, 5.74) is -3.72. The summed E-state index contributed by atoms with van der Waals surface area (Å²) in [7, 11) is -4.10. The number of hydrogen-bond donors (Lipinski definition) is 0. The molecule has 0 aliphatic heterocycles. The lowest BCUT2D eigenvalue weighted by Gasteiger charge is -2.12. The summed E-state index contributed by atoms with van der Waals surface area (Å²) in [6, 6.07) is 3.02. The molecule has 0 unspecified atom stereocenters. The van der Waals surface area contributed by atoms with Gasteiger partial charge >= 0.3 is 15.6 Å². The molecular weight excluding hydrogens is 285 g/mol. The largest absolute Gasteiger partial charge is 0.523 e. The third-order valence-electron chi connectivity index (χ3n) is 2.39. The summed E-state index contributed by atoms with van der Waals surface area (Å²) in [6.07, 6.45) is 0. The van der Waals surface area contributed by atoms with E-state index in [4.69, 9.17) is 4.74 Å². The highest BCUT2D eigenvalue weighted by atomic mass is 32.2. The first-order valence-corrected chi connectivity index (χ1v) is 6.59. The smallest absolute Gasteiger partial charge is 0.496 e. The van der Waals surface area contributed by atoms with Crippen LogP contribution in [0.25, 0.3) is 0 Å². The van der Waals surface area contributed by atoms with Crippen LogP contribution in [0.1, 0.15) is 16.7 Å². The van der Waals surface area contributed by atoms with Crippen LogP contribution in [0.4, 0.5) is 13.2 Å². The van der Waals surface area contributed by atoms with Crippen molar-refractivity contribution in [2.75, 3.05) is 7.11 Å². The Morgan fingerprint density at radius 2 is 1.63 bits per heavy atom. The van der Waals surface area contributed by atoms with E-state index in [1.54, 1.807) is 13.8 Å². The highest BCUT2D eigenvalue weighted by Gasteiger charge is 2.47. The quantitative estimate of drug-likeness (QED) is 0.633.